The molecule has 2 aromatic heterocycles. The van der Waals surface area contributed by atoms with Crippen molar-refractivity contribution in [3.63, 3.8) is 0 Å². The van der Waals surface area contributed by atoms with Crippen LogP contribution in [0.3, 0.4) is 0 Å². The second-order valence-corrected chi connectivity index (χ2v) is 6.28. The van der Waals surface area contributed by atoms with Gasteiger partial charge in [-0.2, -0.15) is 0 Å². The Kier molecular flexibility index (Phi) is 3.48. The SMILES string of the molecule is C#Cc1nc(-c2ccccc2)cc(-c2ccc3oc4ccccc4c3c2)n1. The van der Waals surface area contributed by atoms with Gasteiger partial charge in [0.1, 0.15) is 11.2 Å². The van der Waals surface area contributed by atoms with Crippen LogP contribution in [0, 0.1) is 12.3 Å². The van der Waals surface area contributed by atoms with Crippen LogP contribution >= 0.6 is 0 Å². The molecule has 2 heterocycles. The van der Waals surface area contributed by atoms with Gasteiger partial charge in [-0.3, -0.25) is 0 Å². The minimum Gasteiger partial charge on any atom is -0.456 e. The first-order valence-corrected chi connectivity index (χ1v) is 8.64. The van der Waals surface area contributed by atoms with Gasteiger partial charge in [-0.1, -0.05) is 48.5 Å². The first-order valence-electron chi connectivity index (χ1n) is 8.64. The highest BCUT2D eigenvalue weighted by atomic mass is 16.3. The fraction of sp³-hybridized carbons (Fsp3) is 0. The molecular weight excluding hydrogens is 332 g/mol. The molecule has 0 radical (unpaired) electrons. The third kappa shape index (κ3) is 2.65. The number of hydrogen-bond donors (Lipinski definition) is 0. The number of furan rings is 1. The molecule has 0 aliphatic heterocycles. The molecule has 0 aliphatic rings. The van der Waals surface area contributed by atoms with Crippen molar-refractivity contribution in [2.75, 3.05) is 0 Å². The summed E-state index contributed by atoms with van der Waals surface area (Å²) in [6, 6.07) is 26.0. The van der Waals surface area contributed by atoms with Gasteiger partial charge in [-0.25, -0.2) is 9.97 Å². The first kappa shape index (κ1) is 15.4. The Morgan fingerprint density at radius 2 is 1.37 bits per heavy atom. The Morgan fingerprint density at radius 3 is 2.19 bits per heavy atom. The van der Waals surface area contributed by atoms with Crippen LogP contribution in [-0.4, -0.2) is 9.97 Å². The maximum atomic E-state index is 5.92. The molecule has 0 saturated carbocycles. The maximum Gasteiger partial charge on any atom is 0.205 e. The molecule has 0 spiro atoms. The van der Waals surface area contributed by atoms with Crippen molar-refractivity contribution in [1.82, 2.24) is 9.97 Å². The van der Waals surface area contributed by atoms with Crippen LogP contribution in [-0.2, 0) is 0 Å². The van der Waals surface area contributed by atoms with E-state index in [0.29, 0.717) is 5.82 Å². The molecule has 5 aromatic rings. The molecular formula is C24H14N2O. The Morgan fingerprint density at radius 1 is 0.667 bits per heavy atom. The van der Waals surface area contributed by atoms with Gasteiger partial charge in [-0.15, -0.1) is 6.42 Å². The summed E-state index contributed by atoms with van der Waals surface area (Å²) >= 11 is 0. The number of fused-ring (bicyclic) bond motifs is 3. The minimum atomic E-state index is 0.378. The standard InChI is InChI=1S/C24H14N2O/c1-2-24-25-20(16-8-4-3-5-9-16)15-21(26-24)17-12-13-23-19(14-17)18-10-6-7-11-22(18)27-23/h1,3-15H. The first-order chi connectivity index (χ1) is 13.3. The zero-order valence-electron chi connectivity index (χ0n) is 14.4. The van der Waals surface area contributed by atoms with E-state index >= 15 is 0 Å². The van der Waals surface area contributed by atoms with Gasteiger partial charge in [0, 0.05) is 21.9 Å². The molecule has 3 nitrogen and oxygen atoms in total. The molecule has 126 valence electrons. The molecule has 0 unspecified atom stereocenters. The molecule has 0 N–H and O–H groups in total. The van der Waals surface area contributed by atoms with Crippen LogP contribution in [0.5, 0.6) is 0 Å². The second kappa shape index (κ2) is 6.12. The van der Waals surface area contributed by atoms with Crippen LogP contribution in [0.2, 0.25) is 0 Å². The van der Waals surface area contributed by atoms with Crippen molar-refractivity contribution in [2.45, 2.75) is 0 Å². The highest BCUT2D eigenvalue weighted by molar-refractivity contribution is 6.06. The Bertz CT molecular complexity index is 1330. The molecule has 0 amide bonds. The number of nitrogens with zero attached hydrogens (tertiary/aromatic N) is 2. The van der Waals surface area contributed by atoms with Crippen molar-refractivity contribution < 1.29 is 4.42 Å². The van der Waals surface area contributed by atoms with Gasteiger partial charge in [-0.05, 0) is 36.3 Å². The van der Waals surface area contributed by atoms with Gasteiger partial charge in [0.05, 0.1) is 11.4 Å². The van der Waals surface area contributed by atoms with Crippen LogP contribution in [0.25, 0.3) is 44.5 Å². The molecule has 5 rings (SSSR count). The number of hydrogen-bond acceptors (Lipinski definition) is 3. The molecule has 0 bridgehead atoms. The molecule has 27 heavy (non-hydrogen) atoms. The number of benzene rings is 3. The van der Waals surface area contributed by atoms with E-state index in [1.165, 1.54) is 0 Å². The summed E-state index contributed by atoms with van der Waals surface area (Å²) in [6.45, 7) is 0. The van der Waals surface area contributed by atoms with E-state index in [4.69, 9.17) is 10.8 Å². The average molecular weight is 346 g/mol. The van der Waals surface area contributed by atoms with Crippen molar-refractivity contribution in [1.29, 1.82) is 0 Å². The summed E-state index contributed by atoms with van der Waals surface area (Å²) < 4.78 is 5.92. The molecule has 3 aromatic carbocycles. The fourth-order valence-corrected chi connectivity index (χ4v) is 3.30. The molecule has 0 aliphatic carbocycles. The zero-order chi connectivity index (χ0) is 18.2. The lowest BCUT2D eigenvalue weighted by Crippen LogP contribution is -1.95. The third-order valence-corrected chi connectivity index (χ3v) is 4.60. The summed E-state index contributed by atoms with van der Waals surface area (Å²) in [5.74, 6) is 2.95. The molecule has 0 atom stereocenters. The Balaban J connectivity index is 1.72. The number of rotatable bonds is 2. The van der Waals surface area contributed by atoms with E-state index in [0.717, 1.165) is 44.5 Å². The van der Waals surface area contributed by atoms with Crippen LogP contribution < -0.4 is 0 Å². The zero-order valence-corrected chi connectivity index (χ0v) is 14.4. The topological polar surface area (TPSA) is 38.9 Å². The van der Waals surface area contributed by atoms with Crippen LogP contribution in [0.4, 0.5) is 0 Å². The van der Waals surface area contributed by atoms with E-state index in [2.05, 4.69) is 28.0 Å². The van der Waals surface area contributed by atoms with Gasteiger partial charge in [0.15, 0.2) is 0 Å². The fourth-order valence-electron chi connectivity index (χ4n) is 3.30. The average Bonchev–Trinajstić information content (AvgIpc) is 3.12. The normalized spacial score (nSPS) is 10.9. The van der Waals surface area contributed by atoms with E-state index < -0.39 is 0 Å². The van der Waals surface area contributed by atoms with Gasteiger partial charge in [0.2, 0.25) is 5.82 Å². The number of aromatic nitrogens is 2. The molecule has 3 heteroatoms. The lowest BCUT2D eigenvalue weighted by molar-refractivity contribution is 0.669. The summed E-state index contributed by atoms with van der Waals surface area (Å²) in [4.78, 5) is 9.03. The number of para-hydroxylation sites is 1. The van der Waals surface area contributed by atoms with Crippen LogP contribution in [0.15, 0.2) is 83.3 Å². The summed E-state index contributed by atoms with van der Waals surface area (Å²) in [5, 5.41) is 2.15. The van der Waals surface area contributed by atoms with Crippen LogP contribution in [0.1, 0.15) is 5.82 Å². The molecule has 0 saturated heterocycles. The van der Waals surface area contributed by atoms with Crippen molar-refractivity contribution in [3.8, 4) is 34.9 Å². The predicted molar refractivity (Wildman–Crippen MR) is 108 cm³/mol. The Labute approximate surface area is 156 Å². The third-order valence-electron chi connectivity index (χ3n) is 4.60. The van der Waals surface area contributed by atoms with Crippen molar-refractivity contribution in [3.05, 3.63) is 84.7 Å². The van der Waals surface area contributed by atoms with Crippen molar-refractivity contribution >= 4 is 21.9 Å². The summed E-state index contributed by atoms with van der Waals surface area (Å²) in [5.41, 5.74) is 5.32. The highest BCUT2D eigenvalue weighted by Gasteiger charge is 2.11. The monoisotopic (exact) mass is 346 g/mol. The Hall–Kier alpha value is -3.90. The lowest BCUT2D eigenvalue weighted by atomic mass is 10.0. The smallest absolute Gasteiger partial charge is 0.205 e. The summed E-state index contributed by atoms with van der Waals surface area (Å²) in [7, 11) is 0. The number of terminal acetylenes is 1. The van der Waals surface area contributed by atoms with E-state index in [1.807, 2.05) is 66.7 Å². The highest BCUT2D eigenvalue weighted by Crippen LogP contribution is 2.32. The minimum absolute atomic E-state index is 0.378. The van der Waals surface area contributed by atoms with Gasteiger partial charge >= 0.3 is 0 Å². The van der Waals surface area contributed by atoms with Gasteiger partial charge in [0.25, 0.3) is 0 Å². The second-order valence-electron chi connectivity index (χ2n) is 6.28. The molecule has 0 fully saturated rings. The van der Waals surface area contributed by atoms with Gasteiger partial charge < -0.3 is 4.42 Å². The quantitative estimate of drug-likeness (QED) is 0.385. The van der Waals surface area contributed by atoms with E-state index in [9.17, 15) is 0 Å². The van der Waals surface area contributed by atoms with Crippen molar-refractivity contribution in [2.24, 2.45) is 0 Å². The maximum absolute atomic E-state index is 5.92. The van der Waals surface area contributed by atoms with E-state index in [-0.39, 0.29) is 0 Å². The largest absolute Gasteiger partial charge is 0.456 e. The summed E-state index contributed by atoms with van der Waals surface area (Å²) in [6.07, 6.45) is 5.60. The lowest BCUT2D eigenvalue weighted by Gasteiger charge is -2.06. The predicted octanol–water partition coefficient (Wildman–Crippen LogP) is 5.69. The van der Waals surface area contributed by atoms with E-state index in [1.54, 1.807) is 0 Å².